The first-order chi connectivity index (χ1) is 11.9. The molecule has 25 heavy (non-hydrogen) atoms. The number of nitrogens with one attached hydrogen (secondary N) is 2. The van der Waals surface area contributed by atoms with Gasteiger partial charge in [-0.25, -0.2) is 8.42 Å². The van der Waals surface area contributed by atoms with E-state index in [0.29, 0.717) is 18.7 Å². The van der Waals surface area contributed by atoms with Crippen LogP contribution in [0.3, 0.4) is 0 Å². The Morgan fingerprint density at radius 1 is 1.16 bits per heavy atom. The minimum Gasteiger partial charge on any atom is -0.303 e. The number of sulfonamides is 1. The van der Waals surface area contributed by atoms with E-state index in [9.17, 15) is 13.2 Å². The normalized spacial score (nSPS) is 15.4. The Hall–Kier alpha value is -1.86. The molecule has 1 amide bonds. The molecule has 1 aliphatic carbocycles. The van der Waals surface area contributed by atoms with E-state index in [1.54, 1.807) is 26.0 Å². The van der Waals surface area contributed by atoms with Crippen molar-refractivity contribution in [3.63, 3.8) is 0 Å². The number of carbonyl (C=O) groups excluding carboxylic acids is 1. The molecule has 2 rings (SSSR count). The van der Waals surface area contributed by atoms with E-state index in [1.807, 2.05) is 0 Å². The summed E-state index contributed by atoms with van der Waals surface area (Å²) in [6.07, 6.45) is 4.24. The molecule has 1 aliphatic rings. The Bertz CT molecular complexity index is 753. The lowest BCUT2D eigenvalue weighted by Gasteiger charge is -2.20. The number of hydrogen-bond acceptors (Lipinski definition) is 4. The summed E-state index contributed by atoms with van der Waals surface area (Å²) in [4.78, 5) is 12.5. The van der Waals surface area contributed by atoms with Crippen LogP contribution in [0.25, 0.3) is 0 Å². The summed E-state index contributed by atoms with van der Waals surface area (Å²) in [5.74, 6) is -0.345. The molecular weight excluding hydrogens is 338 g/mol. The Morgan fingerprint density at radius 2 is 1.84 bits per heavy atom. The quantitative estimate of drug-likeness (QED) is 0.728. The van der Waals surface area contributed by atoms with Crippen LogP contribution in [0.4, 0.5) is 0 Å². The van der Waals surface area contributed by atoms with Gasteiger partial charge in [0, 0.05) is 24.4 Å². The highest BCUT2D eigenvalue weighted by Crippen LogP contribution is 2.22. The molecule has 1 aromatic carbocycles. The summed E-state index contributed by atoms with van der Waals surface area (Å²) in [6, 6.07) is 6.15. The average Bonchev–Trinajstić information content (AvgIpc) is 2.61. The highest BCUT2D eigenvalue weighted by Gasteiger charge is 2.22. The number of carbonyl (C=O) groups is 1. The second-order valence-corrected chi connectivity index (χ2v) is 8.10. The predicted octanol–water partition coefficient (Wildman–Crippen LogP) is 2.80. The van der Waals surface area contributed by atoms with Crippen LogP contribution in [0.15, 0.2) is 40.4 Å². The molecule has 0 aromatic heterocycles. The Balaban J connectivity index is 2.14. The van der Waals surface area contributed by atoms with Gasteiger partial charge in [-0.15, -0.1) is 0 Å². The number of nitrogens with zero attached hydrogens (tertiary/aromatic N) is 1. The zero-order valence-corrected chi connectivity index (χ0v) is 15.9. The van der Waals surface area contributed by atoms with Crippen molar-refractivity contribution < 1.29 is 13.2 Å². The van der Waals surface area contributed by atoms with Gasteiger partial charge in [-0.2, -0.15) is 4.31 Å². The summed E-state index contributed by atoms with van der Waals surface area (Å²) in [5, 5.41) is 0. The first kappa shape index (κ1) is 19.5. The van der Waals surface area contributed by atoms with Crippen LogP contribution >= 0.6 is 0 Å². The molecule has 0 spiro atoms. The lowest BCUT2D eigenvalue weighted by molar-refractivity contribution is 0.0937. The van der Waals surface area contributed by atoms with Crippen molar-refractivity contribution in [1.29, 1.82) is 0 Å². The third-order valence-electron chi connectivity index (χ3n) is 4.51. The molecular formula is C18H27N3O3S. The summed E-state index contributed by atoms with van der Waals surface area (Å²) in [6.45, 7) is 6.43. The van der Waals surface area contributed by atoms with E-state index in [2.05, 4.69) is 17.8 Å². The van der Waals surface area contributed by atoms with Crippen LogP contribution in [0, 0.1) is 0 Å². The van der Waals surface area contributed by atoms with Crippen molar-refractivity contribution in [3.05, 3.63) is 41.1 Å². The minimum absolute atomic E-state index is 0.136. The summed E-state index contributed by atoms with van der Waals surface area (Å²) >= 11 is 0. The van der Waals surface area contributed by atoms with Crippen LogP contribution in [0.5, 0.6) is 0 Å². The van der Waals surface area contributed by atoms with Gasteiger partial charge in [0.2, 0.25) is 10.0 Å². The average molecular weight is 365 g/mol. The standard InChI is InChI=1S/C18H27N3O3S/c1-4-21(5-2)25(23,24)16-11-8-10-15(13-16)18(22)20-19-17-12-7-6-9-14(17)3/h8,10-11,13,19H,4-7,9,12H2,1-3H3,(H,20,22). The molecule has 0 unspecified atom stereocenters. The fourth-order valence-electron chi connectivity index (χ4n) is 2.94. The monoisotopic (exact) mass is 365 g/mol. The second-order valence-electron chi connectivity index (χ2n) is 6.16. The fourth-order valence-corrected chi connectivity index (χ4v) is 4.44. The number of allylic oxidation sites excluding steroid dienone is 2. The van der Waals surface area contributed by atoms with E-state index < -0.39 is 10.0 Å². The van der Waals surface area contributed by atoms with Gasteiger partial charge in [0.25, 0.3) is 5.91 Å². The van der Waals surface area contributed by atoms with Crippen LogP contribution in [0.2, 0.25) is 0 Å². The van der Waals surface area contributed by atoms with Gasteiger partial charge in [-0.1, -0.05) is 25.5 Å². The second kappa shape index (κ2) is 8.49. The topological polar surface area (TPSA) is 78.5 Å². The van der Waals surface area contributed by atoms with E-state index in [1.165, 1.54) is 28.4 Å². The number of hydrazine groups is 1. The summed E-state index contributed by atoms with van der Waals surface area (Å²) < 4.78 is 26.6. The van der Waals surface area contributed by atoms with Crippen LogP contribution in [-0.4, -0.2) is 31.7 Å². The van der Waals surface area contributed by atoms with Gasteiger partial charge in [0.05, 0.1) is 4.90 Å². The molecule has 6 nitrogen and oxygen atoms in total. The zero-order valence-electron chi connectivity index (χ0n) is 15.1. The van der Waals surface area contributed by atoms with E-state index in [0.717, 1.165) is 25.0 Å². The maximum Gasteiger partial charge on any atom is 0.269 e. The molecule has 138 valence electrons. The molecule has 0 aliphatic heterocycles. The lowest BCUT2D eigenvalue weighted by Crippen LogP contribution is -2.38. The molecule has 0 saturated carbocycles. The highest BCUT2D eigenvalue weighted by atomic mass is 32.2. The molecule has 0 saturated heterocycles. The van der Waals surface area contributed by atoms with Crippen molar-refractivity contribution in [2.75, 3.05) is 13.1 Å². The lowest BCUT2D eigenvalue weighted by atomic mass is 9.98. The zero-order chi connectivity index (χ0) is 18.4. The number of rotatable bonds is 7. The maximum absolute atomic E-state index is 12.6. The van der Waals surface area contributed by atoms with E-state index >= 15 is 0 Å². The molecule has 0 fully saturated rings. The van der Waals surface area contributed by atoms with Gasteiger partial charge >= 0.3 is 0 Å². The maximum atomic E-state index is 12.6. The Morgan fingerprint density at radius 3 is 2.48 bits per heavy atom. The van der Waals surface area contributed by atoms with Gasteiger partial charge in [0.1, 0.15) is 0 Å². The van der Waals surface area contributed by atoms with Gasteiger partial charge in [-0.05, 0) is 50.8 Å². The molecule has 0 heterocycles. The van der Waals surface area contributed by atoms with Gasteiger partial charge < -0.3 is 5.43 Å². The molecule has 1 aromatic rings. The van der Waals surface area contributed by atoms with Crippen molar-refractivity contribution in [2.24, 2.45) is 0 Å². The first-order valence-corrected chi connectivity index (χ1v) is 10.2. The molecule has 0 radical (unpaired) electrons. The predicted molar refractivity (Wildman–Crippen MR) is 98.3 cm³/mol. The SMILES string of the molecule is CCN(CC)S(=O)(=O)c1cccc(C(=O)NNC2=C(C)CCCC2)c1. The van der Waals surface area contributed by atoms with Crippen molar-refractivity contribution >= 4 is 15.9 Å². The Kier molecular flexibility index (Phi) is 6.61. The number of hydrogen-bond donors (Lipinski definition) is 2. The largest absolute Gasteiger partial charge is 0.303 e. The van der Waals surface area contributed by atoms with Crippen molar-refractivity contribution in [2.45, 2.75) is 51.3 Å². The van der Waals surface area contributed by atoms with Crippen molar-refractivity contribution in [3.8, 4) is 0 Å². The third kappa shape index (κ3) is 4.61. The van der Waals surface area contributed by atoms with E-state index in [4.69, 9.17) is 0 Å². The number of benzene rings is 1. The first-order valence-electron chi connectivity index (χ1n) is 8.75. The smallest absolute Gasteiger partial charge is 0.269 e. The van der Waals surface area contributed by atoms with Crippen molar-refractivity contribution in [1.82, 2.24) is 15.2 Å². The van der Waals surface area contributed by atoms with Crippen LogP contribution in [0.1, 0.15) is 56.8 Å². The summed E-state index contributed by atoms with van der Waals surface area (Å²) in [5.41, 5.74) is 8.29. The summed E-state index contributed by atoms with van der Waals surface area (Å²) in [7, 11) is -3.58. The third-order valence-corrected chi connectivity index (χ3v) is 6.56. The van der Waals surface area contributed by atoms with Crippen LogP contribution < -0.4 is 10.9 Å². The van der Waals surface area contributed by atoms with Gasteiger partial charge in [0.15, 0.2) is 0 Å². The molecule has 0 bridgehead atoms. The van der Waals surface area contributed by atoms with Gasteiger partial charge in [-0.3, -0.25) is 10.2 Å². The number of amides is 1. The van der Waals surface area contributed by atoms with E-state index in [-0.39, 0.29) is 10.8 Å². The molecule has 0 atom stereocenters. The highest BCUT2D eigenvalue weighted by molar-refractivity contribution is 7.89. The minimum atomic E-state index is -3.58. The molecule has 7 heteroatoms. The fraction of sp³-hybridized carbons (Fsp3) is 0.500. The molecule has 2 N–H and O–H groups in total. The Labute approximate surface area is 150 Å². The van der Waals surface area contributed by atoms with Crippen LogP contribution in [-0.2, 0) is 10.0 Å².